The van der Waals surface area contributed by atoms with Crippen LogP contribution < -0.4 is 0 Å². The van der Waals surface area contributed by atoms with Gasteiger partial charge in [0.15, 0.2) is 0 Å². The first-order valence-electron chi connectivity index (χ1n) is 7.31. The molecule has 0 aromatic carbocycles. The summed E-state index contributed by atoms with van der Waals surface area (Å²) >= 11 is 0. The van der Waals surface area contributed by atoms with Gasteiger partial charge in [0.05, 0.1) is 14.2 Å². The van der Waals surface area contributed by atoms with Crippen molar-refractivity contribution >= 4 is 11.9 Å². The Kier molecular flexibility index (Phi) is 7.53. The molecule has 110 valence electrons. The van der Waals surface area contributed by atoms with Crippen LogP contribution in [0.5, 0.6) is 0 Å². The normalized spacial score (nSPS) is 25.4. The van der Waals surface area contributed by atoms with Crippen molar-refractivity contribution in [1.29, 1.82) is 0 Å². The predicted octanol–water partition coefficient (Wildman–Crippen LogP) is 3.09. The van der Waals surface area contributed by atoms with Crippen LogP contribution in [0.4, 0.5) is 0 Å². The van der Waals surface area contributed by atoms with Crippen LogP contribution in [0.2, 0.25) is 0 Å². The Morgan fingerprint density at radius 3 is 1.37 bits per heavy atom. The van der Waals surface area contributed by atoms with E-state index in [4.69, 9.17) is 0 Å². The SMILES string of the molecule is C1CCC2CCCCC2C1.COC(=O)CC(=O)OC. The molecular formula is C15H26O4. The van der Waals surface area contributed by atoms with Crippen molar-refractivity contribution in [2.45, 2.75) is 57.8 Å². The monoisotopic (exact) mass is 270 g/mol. The lowest BCUT2D eigenvalue weighted by atomic mass is 9.71. The first kappa shape index (κ1) is 16.0. The zero-order valence-electron chi connectivity index (χ0n) is 12.2. The molecule has 0 aromatic rings. The molecule has 2 aliphatic carbocycles. The molecular weight excluding hydrogens is 244 g/mol. The Balaban J connectivity index is 0.000000192. The lowest BCUT2D eigenvalue weighted by molar-refractivity contribution is -0.151. The van der Waals surface area contributed by atoms with E-state index < -0.39 is 11.9 Å². The molecule has 2 fully saturated rings. The van der Waals surface area contributed by atoms with Crippen molar-refractivity contribution in [3.8, 4) is 0 Å². The van der Waals surface area contributed by atoms with Crippen LogP contribution in [-0.2, 0) is 19.1 Å². The van der Waals surface area contributed by atoms with Crippen molar-refractivity contribution in [1.82, 2.24) is 0 Å². The first-order chi connectivity index (χ1) is 9.17. The van der Waals surface area contributed by atoms with Crippen LogP contribution in [0, 0.1) is 11.8 Å². The molecule has 2 saturated carbocycles. The van der Waals surface area contributed by atoms with E-state index in [2.05, 4.69) is 9.47 Å². The highest BCUT2D eigenvalue weighted by atomic mass is 16.5. The van der Waals surface area contributed by atoms with Gasteiger partial charge in [-0.2, -0.15) is 0 Å². The van der Waals surface area contributed by atoms with Crippen LogP contribution >= 0.6 is 0 Å². The zero-order valence-corrected chi connectivity index (χ0v) is 12.2. The average Bonchev–Trinajstić information content (AvgIpc) is 2.47. The van der Waals surface area contributed by atoms with E-state index in [9.17, 15) is 9.59 Å². The molecule has 0 unspecified atom stereocenters. The Labute approximate surface area is 115 Å². The van der Waals surface area contributed by atoms with Crippen LogP contribution in [0.25, 0.3) is 0 Å². The third-order valence-electron chi connectivity index (χ3n) is 4.21. The summed E-state index contributed by atoms with van der Waals surface area (Å²) in [6.07, 6.45) is 12.0. The molecule has 4 nitrogen and oxygen atoms in total. The van der Waals surface area contributed by atoms with Gasteiger partial charge >= 0.3 is 11.9 Å². The Hall–Kier alpha value is -1.06. The molecule has 4 heteroatoms. The zero-order chi connectivity index (χ0) is 14.1. The van der Waals surface area contributed by atoms with E-state index in [0.29, 0.717) is 0 Å². The van der Waals surface area contributed by atoms with Crippen LogP contribution in [-0.4, -0.2) is 26.2 Å². The number of carbonyl (C=O) groups is 2. The molecule has 0 saturated heterocycles. The summed E-state index contributed by atoms with van der Waals surface area (Å²) in [5.41, 5.74) is 0. The van der Waals surface area contributed by atoms with Crippen molar-refractivity contribution in [3.05, 3.63) is 0 Å². The molecule has 0 N–H and O–H groups in total. The molecule has 2 rings (SSSR count). The number of fused-ring (bicyclic) bond motifs is 1. The number of esters is 2. The Morgan fingerprint density at radius 2 is 1.11 bits per heavy atom. The summed E-state index contributed by atoms with van der Waals surface area (Å²) in [6.45, 7) is 0. The standard InChI is InChI=1S/C10H18.C5H8O4/c1-2-6-10-8-4-3-7-9(10)5-1;1-8-4(6)3-5(7)9-2/h9-10H,1-8H2;3H2,1-2H3. The van der Waals surface area contributed by atoms with Gasteiger partial charge < -0.3 is 9.47 Å². The van der Waals surface area contributed by atoms with Crippen molar-refractivity contribution < 1.29 is 19.1 Å². The third-order valence-corrected chi connectivity index (χ3v) is 4.21. The van der Waals surface area contributed by atoms with Gasteiger partial charge in [0.1, 0.15) is 6.42 Å². The van der Waals surface area contributed by atoms with Crippen LogP contribution in [0.1, 0.15) is 57.8 Å². The molecule has 2 aliphatic rings. The van der Waals surface area contributed by atoms with Gasteiger partial charge in [-0.1, -0.05) is 51.4 Å². The van der Waals surface area contributed by atoms with E-state index in [0.717, 1.165) is 11.8 Å². The topological polar surface area (TPSA) is 52.6 Å². The highest BCUT2D eigenvalue weighted by Crippen LogP contribution is 2.39. The summed E-state index contributed by atoms with van der Waals surface area (Å²) in [6, 6.07) is 0. The van der Waals surface area contributed by atoms with Crippen LogP contribution in [0.15, 0.2) is 0 Å². The third kappa shape index (κ3) is 6.08. The average molecular weight is 270 g/mol. The van der Waals surface area contributed by atoms with E-state index in [1.165, 1.54) is 39.9 Å². The van der Waals surface area contributed by atoms with Gasteiger partial charge in [-0.25, -0.2) is 0 Å². The highest BCUT2D eigenvalue weighted by molar-refractivity contribution is 5.90. The van der Waals surface area contributed by atoms with E-state index >= 15 is 0 Å². The van der Waals surface area contributed by atoms with E-state index in [1.54, 1.807) is 25.7 Å². The molecule has 19 heavy (non-hydrogen) atoms. The maximum absolute atomic E-state index is 10.3. The Bertz CT molecular complexity index is 248. The smallest absolute Gasteiger partial charge is 0.316 e. The summed E-state index contributed by atoms with van der Waals surface area (Å²) in [5, 5.41) is 0. The number of hydrogen-bond donors (Lipinski definition) is 0. The van der Waals surface area contributed by atoms with Crippen molar-refractivity contribution in [3.63, 3.8) is 0 Å². The molecule has 0 bridgehead atoms. The summed E-state index contributed by atoms with van der Waals surface area (Å²) in [5.74, 6) is 1.15. The predicted molar refractivity (Wildman–Crippen MR) is 72.6 cm³/mol. The fourth-order valence-corrected chi connectivity index (χ4v) is 3.12. The summed E-state index contributed by atoms with van der Waals surface area (Å²) in [4.78, 5) is 20.5. The maximum atomic E-state index is 10.3. The van der Waals surface area contributed by atoms with Gasteiger partial charge in [-0.05, 0) is 11.8 Å². The lowest BCUT2D eigenvalue weighted by Gasteiger charge is -2.35. The molecule has 0 atom stereocenters. The van der Waals surface area contributed by atoms with Gasteiger partial charge in [0, 0.05) is 0 Å². The second kappa shape index (κ2) is 8.94. The second-order valence-electron chi connectivity index (χ2n) is 5.42. The lowest BCUT2D eigenvalue weighted by Crippen LogP contribution is -2.22. The molecule has 0 spiro atoms. The fraction of sp³-hybridized carbons (Fsp3) is 0.867. The first-order valence-corrected chi connectivity index (χ1v) is 7.31. The van der Waals surface area contributed by atoms with Crippen LogP contribution in [0.3, 0.4) is 0 Å². The van der Waals surface area contributed by atoms with Crippen molar-refractivity contribution in [2.24, 2.45) is 11.8 Å². The van der Waals surface area contributed by atoms with E-state index in [-0.39, 0.29) is 6.42 Å². The summed E-state index contributed by atoms with van der Waals surface area (Å²) in [7, 11) is 2.43. The minimum Gasteiger partial charge on any atom is -0.469 e. The fourth-order valence-electron chi connectivity index (χ4n) is 3.12. The largest absolute Gasteiger partial charge is 0.469 e. The maximum Gasteiger partial charge on any atom is 0.316 e. The second-order valence-corrected chi connectivity index (χ2v) is 5.42. The van der Waals surface area contributed by atoms with Gasteiger partial charge in [0.25, 0.3) is 0 Å². The highest BCUT2D eigenvalue weighted by Gasteiger charge is 2.26. The summed E-state index contributed by atoms with van der Waals surface area (Å²) < 4.78 is 8.37. The molecule has 0 heterocycles. The molecule has 0 aliphatic heterocycles. The van der Waals surface area contributed by atoms with Gasteiger partial charge in [0.2, 0.25) is 0 Å². The number of rotatable bonds is 2. The van der Waals surface area contributed by atoms with Crippen molar-refractivity contribution in [2.75, 3.05) is 14.2 Å². The number of hydrogen-bond acceptors (Lipinski definition) is 4. The number of carbonyl (C=O) groups excluding carboxylic acids is 2. The van der Waals surface area contributed by atoms with E-state index in [1.807, 2.05) is 0 Å². The van der Waals surface area contributed by atoms with Gasteiger partial charge in [-0.15, -0.1) is 0 Å². The Morgan fingerprint density at radius 1 is 0.789 bits per heavy atom. The molecule has 0 amide bonds. The van der Waals surface area contributed by atoms with Gasteiger partial charge in [-0.3, -0.25) is 9.59 Å². The number of ether oxygens (including phenoxy) is 2. The quantitative estimate of drug-likeness (QED) is 0.571. The number of methoxy groups -OCH3 is 2. The molecule has 0 aromatic heterocycles. The molecule has 0 radical (unpaired) electrons. The minimum absolute atomic E-state index is 0.312. The minimum atomic E-state index is -0.582.